The highest BCUT2D eigenvalue weighted by Crippen LogP contribution is 2.37. The fourth-order valence-corrected chi connectivity index (χ4v) is 4.74. The van der Waals surface area contributed by atoms with Crippen LogP contribution in [0.2, 0.25) is 0 Å². The number of carbonyl (C=O) groups is 2. The van der Waals surface area contributed by atoms with Crippen LogP contribution in [0.25, 0.3) is 0 Å². The summed E-state index contributed by atoms with van der Waals surface area (Å²) < 4.78 is 16.3. The molecule has 3 aromatic carbocycles. The second-order valence-electron chi connectivity index (χ2n) is 8.74. The number of nitrogens with one attached hydrogen (secondary N) is 1. The highest BCUT2D eigenvalue weighted by Gasteiger charge is 2.36. The molecule has 178 valence electrons. The highest BCUT2D eigenvalue weighted by atomic mass is 16.7. The van der Waals surface area contributed by atoms with E-state index in [0.717, 1.165) is 16.8 Å². The Balaban J connectivity index is 1.23. The van der Waals surface area contributed by atoms with E-state index in [1.54, 1.807) is 0 Å². The Morgan fingerprint density at radius 2 is 1.71 bits per heavy atom. The maximum Gasteiger partial charge on any atom is 0.256 e. The first-order valence-electron chi connectivity index (χ1n) is 11.7. The van der Waals surface area contributed by atoms with Gasteiger partial charge in [0.15, 0.2) is 11.5 Å². The number of fused-ring (bicyclic) bond motifs is 2. The molecule has 8 heteroatoms. The standard InChI is InChI=1S/C27H25N3O5/c31-26(29-11-13-33-14-12-29)19-6-8-20(9-7-19)28-25-21-3-1-2-4-22(21)27(32)30(25)16-18-5-10-23-24(15-18)35-17-34-23/h1-10,15,25,28H,11-14,16-17H2. The predicted molar refractivity (Wildman–Crippen MR) is 128 cm³/mol. The number of carbonyl (C=O) groups excluding carboxylic acids is 2. The van der Waals surface area contributed by atoms with Gasteiger partial charge in [0.1, 0.15) is 6.17 Å². The minimum absolute atomic E-state index is 0.00525. The third-order valence-corrected chi connectivity index (χ3v) is 6.58. The number of benzene rings is 3. The zero-order chi connectivity index (χ0) is 23.8. The first kappa shape index (κ1) is 21.5. The fraction of sp³-hybridized carbons (Fsp3) is 0.259. The third-order valence-electron chi connectivity index (χ3n) is 6.58. The lowest BCUT2D eigenvalue weighted by molar-refractivity contribution is 0.0303. The molecule has 1 N–H and O–H groups in total. The summed E-state index contributed by atoms with van der Waals surface area (Å²) in [5.41, 5.74) is 4.02. The van der Waals surface area contributed by atoms with E-state index in [-0.39, 0.29) is 24.8 Å². The lowest BCUT2D eigenvalue weighted by atomic mass is 10.1. The largest absolute Gasteiger partial charge is 0.454 e. The van der Waals surface area contributed by atoms with Crippen molar-refractivity contribution in [1.82, 2.24) is 9.80 Å². The molecule has 2 amide bonds. The van der Waals surface area contributed by atoms with Crippen molar-refractivity contribution in [1.29, 1.82) is 0 Å². The van der Waals surface area contributed by atoms with Gasteiger partial charge < -0.3 is 29.3 Å². The minimum Gasteiger partial charge on any atom is -0.454 e. The first-order chi connectivity index (χ1) is 17.2. The molecule has 1 saturated heterocycles. The average molecular weight is 472 g/mol. The lowest BCUT2D eigenvalue weighted by Crippen LogP contribution is -2.40. The van der Waals surface area contributed by atoms with Crippen LogP contribution in [0.15, 0.2) is 66.7 Å². The van der Waals surface area contributed by atoms with Crippen LogP contribution in [-0.4, -0.2) is 54.7 Å². The maximum atomic E-state index is 13.3. The van der Waals surface area contributed by atoms with E-state index in [9.17, 15) is 9.59 Å². The molecule has 1 fully saturated rings. The number of rotatable bonds is 5. The van der Waals surface area contributed by atoms with Crippen LogP contribution >= 0.6 is 0 Å². The zero-order valence-corrected chi connectivity index (χ0v) is 19.1. The van der Waals surface area contributed by atoms with Crippen LogP contribution in [0, 0.1) is 0 Å². The van der Waals surface area contributed by atoms with Crippen molar-refractivity contribution < 1.29 is 23.8 Å². The summed E-state index contributed by atoms with van der Waals surface area (Å²) >= 11 is 0. The van der Waals surface area contributed by atoms with Crippen LogP contribution in [0.4, 0.5) is 5.69 Å². The molecule has 6 rings (SSSR count). The number of hydrogen-bond acceptors (Lipinski definition) is 6. The Bertz CT molecular complexity index is 1270. The normalized spacial score (nSPS) is 18.5. The summed E-state index contributed by atoms with van der Waals surface area (Å²) in [6.45, 7) is 2.97. The molecule has 0 saturated carbocycles. The van der Waals surface area contributed by atoms with Gasteiger partial charge in [0.05, 0.1) is 13.2 Å². The Labute approximate surface area is 203 Å². The molecule has 3 aliphatic rings. The summed E-state index contributed by atoms with van der Waals surface area (Å²) in [5.74, 6) is 1.38. The molecular formula is C27H25N3O5. The third kappa shape index (κ3) is 4.06. The molecule has 1 atom stereocenters. The van der Waals surface area contributed by atoms with Crippen molar-refractivity contribution in [2.24, 2.45) is 0 Å². The summed E-state index contributed by atoms with van der Waals surface area (Å²) in [7, 11) is 0. The number of ether oxygens (including phenoxy) is 3. The minimum atomic E-state index is -0.343. The van der Waals surface area contributed by atoms with Gasteiger partial charge in [-0.3, -0.25) is 9.59 Å². The van der Waals surface area contributed by atoms with Gasteiger partial charge in [-0.2, -0.15) is 0 Å². The SMILES string of the molecule is O=C(c1ccc(NC2c3ccccc3C(=O)N2Cc2ccc3c(c2)OCO3)cc1)N1CCOCC1. The smallest absolute Gasteiger partial charge is 0.256 e. The van der Waals surface area contributed by atoms with E-state index >= 15 is 0 Å². The molecule has 3 aliphatic heterocycles. The van der Waals surface area contributed by atoms with Crippen molar-refractivity contribution in [3.63, 3.8) is 0 Å². The maximum absolute atomic E-state index is 13.3. The Morgan fingerprint density at radius 3 is 2.54 bits per heavy atom. The number of amides is 2. The predicted octanol–water partition coefficient (Wildman–Crippen LogP) is 3.65. The van der Waals surface area contributed by atoms with Crippen molar-refractivity contribution in [2.45, 2.75) is 12.7 Å². The van der Waals surface area contributed by atoms with Gasteiger partial charge in [0.2, 0.25) is 6.79 Å². The quantitative estimate of drug-likeness (QED) is 0.612. The number of morpholine rings is 1. The summed E-state index contributed by atoms with van der Waals surface area (Å²) in [6.07, 6.45) is -0.343. The van der Waals surface area contributed by atoms with Crippen molar-refractivity contribution in [3.05, 3.63) is 89.0 Å². The highest BCUT2D eigenvalue weighted by molar-refractivity contribution is 5.99. The summed E-state index contributed by atoms with van der Waals surface area (Å²) in [5, 5.41) is 3.50. The molecule has 8 nitrogen and oxygen atoms in total. The fourth-order valence-electron chi connectivity index (χ4n) is 4.74. The van der Waals surface area contributed by atoms with Gasteiger partial charge in [-0.05, 0) is 48.0 Å². The van der Waals surface area contributed by atoms with Crippen molar-refractivity contribution in [3.8, 4) is 11.5 Å². The van der Waals surface area contributed by atoms with Gasteiger partial charge >= 0.3 is 0 Å². The number of hydrogen-bond donors (Lipinski definition) is 1. The molecule has 35 heavy (non-hydrogen) atoms. The molecule has 0 aromatic heterocycles. The van der Waals surface area contributed by atoms with Gasteiger partial charge in [-0.25, -0.2) is 0 Å². The summed E-state index contributed by atoms with van der Waals surface area (Å²) in [6, 6.07) is 20.8. The van der Waals surface area contributed by atoms with Crippen LogP contribution in [-0.2, 0) is 11.3 Å². The second kappa shape index (κ2) is 8.96. The Kier molecular flexibility index (Phi) is 5.50. The second-order valence-corrected chi connectivity index (χ2v) is 8.74. The van der Waals surface area contributed by atoms with Crippen LogP contribution in [0.3, 0.4) is 0 Å². The van der Waals surface area contributed by atoms with E-state index in [4.69, 9.17) is 14.2 Å². The number of nitrogens with zero attached hydrogens (tertiary/aromatic N) is 2. The van der Waals surface area contributed by atoms with Crippen molar-refractivity contribution in [2.75, 3.05) is 38.4 Å². The molecule has 0 aliphatic carbocycles. The molecule has 0 spiro atoms. The topological polar surface area (TPSA) is 80.3 Å². The Morgan fingerprint density at radius 1 is 0.943 bits per heavy atom. The van der Waals surface area contributed by atoms with E-state index in [1.165, 1.54) is 0 Å². The molecule has 3 heterocycles. The molecule has 1 unspecified atom stereocenters. The Hall–Kier alpha value is -4.04. The van der Waals surface area contributed by atoms with Crippen molar-refractivity contribution >= 4 is 17.5 Å². The van der Waals surface area contributed by atoms with E-state index in [0.29, 0.717) is 55.5 Å². The van der Waals surface area contributed by atoms with Crippen LogP contribution in [0.5, 0.6) is 11.5 Å². The van der Waals surface area contributed by atoms with Gasteiger partial charge in [-0.1, -0.05) is 24.3 Å². The van der Waals surface area contributed by atoms with Gasteiger partial charge in [-0.15, -0.1) is 0 Å². The van der Waals surface area contributed by atoms with Gasteiger partial charge in [0.25, 0.3) is 11.8 Å². The monoisotopic (exact) mass is 471 g/mol. The zero-order valence-electron chi connectivity index (χ0n) is 19.1. The van der Waals surface area contributed by atoms with Crippen LogP contribution < -0.4 is 14.8 Å². The average Bonchev–Trinajstić information content (AvgIpc) is 3.48. The first-order valence-corrected chi connectivity index (χ1v) is 11.7. The van der Waals surface area contributed by atoms with Crippen LogP contribution in [0.1, 0.15) is 38.0 Å². The lowest BCUT2D eigenvalue weighted by Gasteiger charge is -2.28. The molecule has 0 bridgehead atoms. The van der Waals surface area contributed by atoms with E-state index in [1.807, 2.05) is 76.5 Å². The molecule has 0 radical (unpaired) electrons. The van der Waals surface area contributed by atoms with E-state index in [2.05, 4.69) is 5.32 Å². The molecular weight excluding hydrogens is 446 g/mol. The van der Waals surface area contributed by atoms with Gasteiger partial charge in [0, 0.05) is 42.0 Å². The molecule has 3 aromatic rings. The summed E-state index contributed by atoms with van der Waals surface area (Å²) in [4.78, 5) is 29.7. The van der Waals surface area contributed by atoms with E-state index < -0.39 is 0 Å². The number of anilines is 1.